The van der Waals surface area contributed by atoms with E-state index in [1.807, 2.05) is 4.90 Å². The molecule has 6 rings (SSSR count). The predicted molar refractivity (Wildman–Crippen MR) is 154 cm³/mol. The molecular weight excluding hydrogens is 502 g/mol. The van der Waals surface area contributed by atoms with Gasteiger partial charge >= 0.3 is 0 Å². The molecule has 7 heteroatoms. The van der Waals surface area contributed by atoms with Crippen LogP contribution in [0.1, 0.15) is 96.2 Å². The second-order valence-electron chi connectivity index (χ2n) is 14.7. The van der Waals surface area contributed by atoms with Crippen molar-refractivity contribution in [3.63, 3.8) is 0 Å². The normalized spacial score (nSPS) is 38.9. The van der Waals surface area contributed by atoms with E-state index in [2.05, 4.69) is 40.7 Å². The summed E-state index contributed by atoms with van der Waals surface area (Å²) in [6, 6.07) is 0. The fraction of sp³-hybridized carbons (Fsp3) is 0.788. The fourth-order valence-corrected chi connectivity index (χ4v) is 10.6. The molecule has 2 saturated carbocycles. The van der Waals surface area contributed by atoms with Gasteiger partial charge in [-0.3, -0.25) is 14.2 Å². The molecule has 1 aliphatic heterocycles. The lowest BCUT2D eigenvalue weighted by atomic mass is 9.44. The fourth-order valence-electron chi connectivity index (χ4n) is 10.6. The van der Waals surface area contributed by atoms with Gasteiger partial charge in [-0.05, 0) is 72.5 Å². The largest absolute Gasteiger partial charge is 0.389 e. The van der Waals surface area contributed by atoms with E-state index in [9.17, 15) is 14.7 Å². The van der Waals surface area contributed by atoms with E-state index < -0.39 is 6.10 Å². The Morgan fingerprint density at radius 1 is 1.12 bits per heavy atom. The molecule has 1 N–H and O–H groups in total. The number of imidazole rings is 1. The van der Waals surface area contributed by atoms with Gasteiger partial charge in [0, 0.05) is 38.3 Å². The lowest BCUT2D eigenvalue weighted by Crippen LogP contribution is -2.57. The smallest absolute Gasteiger partial charge is 0.228 e. The summed E-state index contributed by atoms with van der Waals surface area (Å²) < 4.78 is 7.15. The molecule has 7 nitrogen and oxygen atoms in total. The molecule has 1 aromatic heterocycles. The first kappa shape index (κ1) is 28.1. The van der Waals surface area contributed by atoms with Crippen molar-refractivity contribution in [3.8, 4) is 0 Å². The van der Waals surface area contributed by atoms with Crippen LogP contribution in [0.2, 0.25) is 0 Å². The maximum absolute atomic E-state index is 12.9. The zero-order valence-corrected chi connectivity index (χ0v) is 25.4. The van der Waals surface area contributed by atoms with Gasteiger partial charge in [0.15, 0.2) is 0 Å². The summed E-state index contributed by atoms with van der Waals surface area (Å²) in [5, 5.41) is 11.8. The second-order valence-corrected chi connectivity index (χ2v) is 14.7. The molecule has 8 atom stereocenters. The highest BCUT2D eigenvalue weighted by Gasteiger charge is 2.63. The summed E-state index contributed by atoms with van der Waals surface area (Å²) in [7, 11) is 0. The lowest BCUT2D eigenvalue weighted by molar-refractivity contribution is -0.135. The van der Waals surface area contributed by atoms with Gasteiger partial charge in [0.25, 0.3) is 0 Å². The van der Waals surface area contributed by atoms with Crippen LogP contribution in [0.4, 0.5) is 0 Å². The highest BCUT2D eigenvalue weighted by Crippen LogP contribution is 2.68. The third-order valence-electron chi connectivity index (χ3n) is 12.4. The Kier molecular flexibility index (Phi) is 6.89. The Balaban J connectivity index is 1.24. The minimum atomic E-state index is -0.468. The monoisotopic (exact) mass is 551 g/mol. The predicted octanol–water partition coefficient (Wildman–Crippen LogP) is 5.02. The number of aromatic nitrogens is 2. The molecule has 1 saturated heterocycles. The van der Waals surface area contributed by atoms with Crippen LogP contribution in [-0.4, -0.2) is 63.8 Å². The zero-order chi connectivity index (χ0) is 28.6. The Labute approximate surface area is 239 Å². The van der Waals surface area contributed by atoms with Crippen molar-refractivity contribution in [2.24, 2.45) is 40.4 Å². The number of aliphatic hydroxyl groups excluding tert-OH is 1. The number of ether oxygens (including phenoxy) is 1. The Morgan fingerprint density at radius 2 is 1.85 bits per heavy atom. The first-order valence-corrected chi connectivity index (χ1v) is 15.7. The maximum Gasteiger partial charge on any atom is 0.228 e. The van der Waals surface area contributed by atoms with E-state index in [4.69, 9.17) is 9.72 Å². The minimum Gasteiger partial charge on any atom is -0.389 e. The molecule has 40 heavy (non-hydrogen) atoms. The molecule has 0 unspecified atom stereocenters. The number of fused-ring (bicyclic) bond motifs is 6. The van der Waals surface area contributed by atoms with E-state index in [1.54, 1.807) is 17.8 Å². The number of hydrogen-bond donors (Lipinski definition) is 1. The Morgan fingerprint density at radius 3 is 2.55 bits per heavy atom. The summed E-state index contributed by atoms with van der Waals surface area (Å²) in [5.41, 5.74) is 3.08. The van der Waals surface area contributed by atoms with Crippen molar-refractivity contribution < 1.29 is 19.4 Å². The van der Waals surface area contributed by atoms with Crippen LogP contribution < -0.4 is 0 Å². The van der Waals surface area contributed by atoms with Crippen LogP contribution in [0.5, 0.6) is 0 Å². The molecule has 5 aliphatic rings. The van der Waals surface area contributed by atoms with Crippen LogP contribution in [0.3, 0.4) is 0 Å². The lowest BCUT2D eigenvalue weighted by Gasteiger charge is -2.61. The highest BCUT2D eigenvalue weighted by molar-refractivity contribution is 5.78. The van der Waals surface area contributed by atoms with Crippen LogP contribution in [0.25, 0.3) is 0 Å². The van der Waals surface area contributed by atoms with Crippen LogP contribution in [0.15, 0.2) is 18.0 Å². The van der Waals surface area contributed by atoms with Gasteiger partial charge in [0.05, 0.1) is 30.7 Å². The summed E-state index contributed by atoms with van der Waals surface area (Å²) in [6.45, 7) is 16.0. The van der Waals surface area contributed by atoms with Gasteiger partial charge in [-0.1, -0.05) is 46.3 Å². The molecule has 0 spiro atoms. The minimum absolute atomic E-state index is 0.00791. The van der Waals surface area contributed by atoms with Gasteiger partial charge in [-0.2, -0.15) is 0 Å². The topological polar surface area (TPSA) is 84.7 Å². The van der Waals surface area contributed by atoms with Crippen molar-refractivity contribution in [2.75, 3.05) is 26.3 Å². The molecule has 0 radical (unpaired) electrons. The number of nitrogens with zero attached hydrogens (tertiary/aromatic N) is 3. The molecule has 3 fully saturated rings. The third-order valence-corrected chi connectivity index (χ3v) is 12.4. The number of hydrogen-bond acceptors (Lipinski definition) is 5. The Hall–Kier alpha value is -1.99. The van der Waals surface area contributed by atoms with E-state index in [0.29, 0.717) is 43.3 Å². The van der Waals surface area contributed by atoms with Gasteiger partial charge in [0.2, 0.25) is 11.8 Å². The van der Waals surface area contributed by atoms with Gasteiger partial charge in [-0.25, -0.2) is 4.98 Å². The first-order valence-electron chi connectivity index (χ1n) is 15.7. The second kappa shape index (κ2) is 9.79. The zero-order valence-electron chi connectivity index (χ0n) is 25.4. The van der Waals surface area contributed by atoms with E-state index in [1.165, 1.54) is 18.4 Å². The first-order chi connectivity index (χ1) is 18.9. The van der Waals surface area contributed by atoms with E-state index >= 15 is 0 Å². The van der Waals surface area contributed by atoms with Crippen LogP contribution in [0, 0.1) is 40.4 Å². The maximum atomic E-state index is 12.9. The quantitative estimate of drug-likeness (QED) is 0.532. The SMILES string of the molecule is CC(=O)n1cnc2c1C(C)(C)C1=C[C@H](O)[C@H]3[C@@H]4CC[C@H]([C@H](C)CCC(=O)N5CCOCC5)[C@@]4(C)CC[C@@H]3[C@@]1(C)C2. The molecule has 1 amide bonds. The molecular formula is C33H49N3O4. The van der Waals surface area contributed by atoms with Crippen molar-refractivity contribution >= 4 is 11.8 Å². The highest BCUT2D eigenvalue weighted by atomic mass is 16.5. The average molecular weight is 552 g/mol. The molecule has 0 bridgehead atoms. The van der Waals surface area contributed by atoms with Gasteiger partial charge in [-0.15, -0.1) is 0 Å². The van der Waals surface area contributed by atoms with Crippen molar-refractivity contribution in [1.82, 2.24) is 14.5 Å². The molecule has 220 valence electrons. The van der Waals surface area contributed by atoms with Crippen molar-refractivity contribution in [1.29, 1.82) is 0 Å². The van der Waals surface area contributed by atoms with Crippen molar-refractivity contribution in [3.05, 3.63) is 29.4 Å². The summed E-state index contributed by atoms with van der Waals surface area (Å²) in [5.74, 6) is 2.47. The standard InChI is InChI=1S/C33H49N3O4/c1-20(7-10-28(39)35-13-15-40-16-14-35)22-8-9-23-29-24(11-12-32(22,23)5)33(6)18-25-30(36(19-34-25)21(2)37)31(3,4)27(33)17-26(29)38/h17,19-20,22-24,26,29,38H,7-16,18H2,1-6H3/t20-,22-,23+,24+,26+,29+,32-,33-/m1/s1. The number of morpholine rings is 1. The van der Waals surface area contributed by atoms with Gasteiger partial charge in [0.1, 0.15) is 6.33 Å². The average Bonchev–Trinajstić information content (AvgIpc) is 3.50. The molecule has 2 heterocycles. The van der Waals surface area contributed by atoms with Crippen LogP contribution in [-0.2, 0) is 21.4 Å². The Bertz CT molecular complexity index is 1210. The molecule has 4 aliphatic carbocycles. The third kappa shape index (κ3) is 4.08. The number of aliphatic hydroxyl groups is 1. The van der Waals surface area contributed by atoms with E-state index in [-0.39, 0.29) is 34.0 Å². The number of allylic oxidation sites excluding steroid dienone is 1. The van der Waals surface area contributed by atoms with Crippen molar-refractivity contribution in [2.45, 2.75) is 98.0 Å². The van der Waals surface area contributed by atoms with E-state index in [0.717, 1.165) is 50.2 Å². The number of carbonyl (C=O) groups excluding carboxylic acids is 2. The summed E-state index contributed by atoms with van der Waals surface area (Å²) in [6.07, 6.45) is 10.5. The van der Waals surface area contributed by atoms with Crippen LogP contribution >= 0.6 is 0 Å². The van der Waals surface area contributed by atoms with Gasteiger partial charge < -0.3 is 14.7 Å². The summed E-state index contributed by atoms with van der Waals surface area (Å²) >= 11 is 0. The molecule has 0 aromatic carbocycles. The number of carbonyl (C=O) groups is 2. The summed E-state index contributed by atoms with van der Waals surface area (Å²) in [4.78, 5) is 32.0. The number of rotatable bonds is 4. The molecule has 1 aromatic rings. The number of amides is 1.